The predicted molar refractivity (Wildman–Crippen MR) is 127 cm³/mol. The number of ether oxygens (including phenoxy) is 2. The second-order valence-electron chi connectivity index (χ2n) is 8.42. The number of anilines is 2. The highest BCUT2D eigenvalue weighted by Gasteiger charge is 2.46. The smallest absolute Gasteiger partial charge is 0.295 e. The molecule has 2 heterocycles. The Balaban J connectivity index is 1.82. The van der Waals surface area contributed by atoms with Crippen molar-refractivity contribution in [2.75, 3.05) is 64.4 Å². The first kappa shape index (κ1) is 22.7. The molecule has 8 heteroatoms. The highest BCUT2D eigenvalue weighted by Crippen LogP contribution is 2.41. The van der Waals surface area contributed by atoms with Crippen LogP contribution < -0.4 is 14.5 Å². The van der Waals surface area contributed by atoms with E-state index < -0.39 is 17.7 Å². The number of hydrogen-bond acceptors (Lipinski definition) is 7. The molecule has 2 aliphatic heterocycles. The average Bonchev–Trinajstić information content (AvgIpc) is 3.07. The molecule has 0 aliphatic carbocycles. The van der Waals surface area contributed by atoms with Crippen LogP contribution in [0.5, 0.6) is 5.75 Å². The zero-order chi connectivity index (χ0) is 23.7. The van der Waals surface area contributed by atoms with Gasteiger partial charge in [0, 0.05) is 46.0 Å². The molecule has 2 aromatic rings. The first-order valence-electron chi connectivity index (χ1n) is 10.9. The third-order valence-electron chi connectivity index (χ3n) is 6.13. The van der Waals surface area contributed by atoms with Crippen LogP contribution in [0.1, 0.15) is 17.2 Å². The lowest BCUT2D eigenvalue weighted by molar-refractivity contribution is -0.140. The molecule has 1 amide bonds. The third kappa shape index (κ3) is 4.14. The number of fused-ring (bicyclic) bond motifs is 1. The van der Waals surface area contributed by atoms with Gasteiger partial charge in [0.05, 0.1) is 30.5 Å². The summed E-state index contributed by atoms with van der Waals surface area (Å²) in [4.78, 5) is 31.5. The molecule has 4 rings (SSSR count). The number of carbonyl (C=O) groups excluding carboxylic acids is 2. The normalized spacial score (nSPS) is 19.5. The second kappa shape index (κ2) is 9.15. The van der Waals surface area contributed by atoms with E-state index in [1.165, 1.54) is 4.90 Å². The van der Waals surface area contributed by atoms with E-state index in [1.807, 2.05) is 55.2 Å². The van der Waals surface area contributed by atoms with Gasteiger partial charge in [0.15, 0.2) is 0 Å². The van der Waals surface area contributed by atoms with Crippen LogP contribution in [-0.4, -0.2) is 76.3 Å². The van der Waals surface area contributed by atoms with Gasteiger partial charge in [0.1, 0.15) is 18.1 Å². The van der Waals surface area contributed by atoms with Crippen LogP contribution in [0.4, 0.5) is 11.4 Å². The third-order valence-corrected chi connectivity index (χ3v) is 6.13. The lowest BCUT2D eigenvalue weighted by atomic mass is 9.94. The molecular weight excluding hydrogens is 422 g/mol. The minimum Gasteiger partial charge on any atom is -0.507 e. The van der Waals surface area contributed by atoms with Gasteiger partial charge in [-0.25, -0.2) is 0 Å². The lowest BCUT2D eigenvalue weighted by Gasteiger charge is -2.28. The molecule has 33 heavy (non-hydrogen) atoms. The van der Waals surface area contributed by atoms with Crippen molar-refractivity contribution in [3.05, 3.63) is 59.2 Å². The summed E-state index contributed by atoms with van der Waals surface area (Å²) in [5.41, 5.74) is 3.10. The SMILES string of the molecule is COCCN1C(=O)C(=O)/C(=C(\O)c2ccc3c(c2)N(C)CCO3)C1c1ccc(N(C)C)cc1. The van der Waals surface area contributed by atoms with Crippen LogP contribution in [0.15, 0.2) is 48.0 Å². The van der Waals surface area contributed by atoms with Crippen LogP contribution in [0.3, 0.4) is 0 Å². The Morgan fingerprint density at radius 1 is 1.18 bits per heavy atom. The minimum absolute atomic E-state index is 0.0769. The van der Waals surface area contributed by atoms with Crippen molar-refractivity contribution >= 4 is 28.8 Å². The van der Waals surface area contributed by atoms with Crippen molar-refractivity contribution < 1.29 is 24.2 Å². The molecular formula is C25H29N3O5. The van der Waals surface area contributed by atoms with Gasteiger partial charge in [-0.15, -0.1) is 0 Å². The molecule has 0 spiro atoms. The topological polar surface area (TPSA) is 82.5 Å². The van der Waals surface area contributed by atoms with Gasteiger partial charge in [0.25, 0.3) is 11.7 Å². The number of nitrogens with zero attached hydrogens (tertiary/aromatic N) is 3. The zero-order valence-electron chi connectivity index (χ0n) is 19.4. The quantitative estimate of drug-likeness (QED) is 0.411. The van der Waals surface area contributed by atoms with Crippen molar-refractivity contribution in [3.8, 4) is 5.75 Å². The van der Waals surface area contributed by atoms with Gasteiger partial charge < -0.3 is 29.3 Å². The molecule has 174 valence electrons. The highest BCUT2D eigenvalue weighted by atomic mass is 16.5. The molecule has 1 N–H and O–H groups in total. The second-order valence-corrected chi connectivity index (χ2v) is 8.42. The Morgan fingerprint density at radius 3 is 2.58 bits per heavy atom. The Morgan fingerprint density at radius 2 is 1.91 bits per heavy atom. The number of aliphatic hydroxyl groups is 1. The molecule has 1 saturated heterocycles. The Bertz CT molecular complexity index is 1090. The van der Waals surface area contributed by atoms with Gasteiger partial charge in [-0.3, -0.25) is 9.59 Å². The van der Waals surface area contributed by atoms with Crippen LogP contribution in [0.2, 0.25) is 0 Å². The molecule has 1 fully saturated rings. The number of hydrogen-bond donors (Lipinski definition) is 1. The van der Waals surface area contributed by atoms with E-state index in [0.29, 0.717) is 12.2 Å². The largest absolute Gasteiger partial charge is 0.507 e. The molecule has 1 atom stereocenters. The van der Waals surface area contributed by atoms with Gasteiger partial charge in [-0.1, -0.05) is 12.1 Å². The number of rotatable bonds is 6. The van der Waals surface area contributed by atoms with E-state index >= 15 is 0 Å². The van der Waals surface area contributed by atoms with Crippen LogP contribution >= 0.6 is 0 Å². The number of likely N-dealkylation sites (tertiary alicyclic amines) is 1. The first-order chi connectivity index (χ1) is 15.8. The molecule has 0 bridgehead atoms. The van der Waals surface area contributed by atoms with Crippen molar-refractivity contribution in [2.24, 2.45) is 0 Å². The number of Topliss-reactive ketones (excluding diaryl/α,β-unsaturated/α-hetero) is 1. The Labute approximate surface area is 193 Å². The maximum atomic E-state index is 13.1. The Hall–Kier alpha value is -3.52. The van der Waals surface area contributed by atoms with Crippen LogP contribution in [0, 0.1) is 0 Å². The van der Waals surface area contributed by atoms with Crippen molar-refractivity contribution in [1.29, 1.82) is 0 Å². The fourth-order valence-corrected chi connectivity index (χ4v) is 4.26. The zero-order valence-corrected chi connectivity index (χ0v) is 19.4. The van der Waals surface area contributed by atoms with E-state index in [9.17, 15) is 14.7 Å². The fraction of sp³-hybridized carbons (Fsp3) is 0.360. The fourth-order valence-electron chi connectivity index (χ4n) is 4.26. The summed E-state index contributed by atoms with van der Waals surface area (Å²) in [5, 5.41) is 11.3. The summed E-state index contributed by atoms with van der Waals surface area (Å²) in [5.74, 6) is -0.824. The summed E-state index contributed by atoms with van der Waals surface area (Å²) in [6, 6.07) is 12.2. The van der Waals surface area contributed by atoms with Gasteiger partial charge in [0.2, 0.25) is 0 Å². The standard InChI is InChI=1S/C25H29N3O5/c1-26(2)18-8-5-16(6-9-18)22-21(24(30)25(31)28(22)12-13-32-4)23(29)17-7-10-20-19(15-17)27(3)11-14-33-20/h5-10,15,22,29H,11-14H2,1-4H3/b23-21-. The van der Waals surface area contributed by atoms with E-state index in [0.717, 1.165) is 29.2 Å². The number of carbonyl (C=O) groups is 2. The molecule has 0 aromatic heterocycles. The molecule has 1 unspecified atom stereocenters. The number of amides is 1. The van der Waals surface area contributed by atoms with E-state index in [4.69, 9.17) is 9.47 Å². The monoisotopic (exact) mass is 451 g/mol. The minimum atomic E-state index is -0.707. The number of aliphatic hydroxyl groups excluding tert-OH is 1. The van der Waals surface area contributed by atoms with Crippen LogP contribution in [-0.2, 0) is 14.3 Å². The van der Waals surface area contributed by atoms with E-state index in [1.54, 1.807) is 25.3 Å². The Kier molecular flexibility index (Phi) is 6.29. The molecule has 0 saturated carbocycles. The first-order valence-corrected chi connectivity index (χ1v) is 10.9. The maximum absolute atomic E-state index is 13.1. The highest BCUT2D eigenvalue weighted by molar-refractivity contribution is 6.46. The summed E-state index contributed by atoms with van der Waals surface area (Å²) in [6.45, 7) is 1.82. The number of ketones is 1. The predicted octanol–water partition coefficient (Wildman–Crippen LogP) is 2.65. The summed E-state index contributed by atoms with van der Waals surface area (Å²) < 4.78 is 10.9. The number of likely N-dealkylation sites (N-methyl/N-ethyl adjacent to an activating group) is 1. The van der Waals surface area contributed by atoms with Gasteiger partial charge >= 0.3 is 0 Å². The van der Waals surface area contributed by atoms with Gasteiger partial charge in [-0.2, -0.15) is 0 Å². The number of methoxy groups -OCH3 is 1. The number of benzene rings is 2. The van der Waals surface area contributed by atoms with E-state index in [2.05, 4.69) is 0 Å². The van der Waals surface area contributed by atoms with Crippen molar-refractivity contribution in [3.63, 3.8) is 0 Å². The molecule has 0 radical (unpaired) electrons. The summed E-state index contributed by atoms with van der Waals surface area (Å²) in [7, 11) is 7.37. The van der Waals surface area contributed by atoms with E-state index in [-0.39, 0.29) is 24.5 Å². The van der Waals surface area contributed by atoms with Crippen LogP contribution in [0.25, 0.3) is 5.76 Å². The average molecular weight is 452 g/mol. The summed E-state index contributed by atoms with van der Waals surface area (Å²) in [6.07, 6.45) is 0. The maximum Gasteiger partial charge on any atom is 0.295 e. The molecule has 2 aliphatic rings. The van der Waals surface area contributed by atoms with Gasteiger partial charge in [-0.05, 0) is 35.9 Å². The lowest BCUT2D eigenvalue weighted by Crippen LogP contribution is -2.32. The van der Waals surface area contributed by atoms with Crippen molar-refractivity contribution in [1.82, 2.24) is 4.90 Å². The molecule has 8 nitrogen and oxygen atoms in total. The summed E-state index contributed by atoms with van der Waals surface area (Å²) >= 11 is 0. The molecule has 2 aromatic carbocycles. The van der Waals surface area contributed by atoms with Crippen molar-refractivity contribution in [2.45, 2.75) is 6.04 Å².